The SMILES string of the molecule is [2H]C([2H])([2H])n1ncc2cc([N+](=O)[O-])c(Cl)cc21. The summed E-state index contributed by atoms with van der Waals surface area (Å²) in [6, 6.07) is 2.43. The minimum atomic E-state index is -2.44. The van der Waals surface area contributed by atoms with E-state index in [0.717, 1.165) is 4.68 Å². The fourth-order valence-electron chi connectivity index (χ4n) is 1.18. The van der Waals surface area contributed by atoms with E-state index < -0.39 is 11.9 Å². The van der Waals surface area contributed by atoms with Crippen LogP contribution in [-0.2, 0) is 6.98 Å². The molecule has 0 aliphatic heterocycles. The van der Waals surface area contributed by atoms with Gasteiger partial charge in [0.2, 0.25) is 0 Å². The molecular formula is C8H6ClN3O2. The van der Waals surface area contributed by atoms with Crippen molar-refractivity contribution in [3.05, 3.63) is 33.5 Å². The average Bonchev–Trinajstić information content (AvgIpc) is 2.57. The average molecular weight is 215 g/mol. The van der Waals surface area contributed by atoms with E-state index in [1.54, 1.807) is 0 Å². The molecule has 1 aromatic heterocycles. The third kappa shape index (κ3) is 1.22. The minimum absolute atomic E-state index is 0.117. The molecule has 6 heteroatoms. The number of nitrogens with zero attached hydrogens (tertiary/aromatic N) is 3. The Kier molecular flexibility index (Phi) is 1.26. The first-order valence-corrected chi connectivity index (χ1v) is 4.00. The van der Waals surface area contributed by atoms with Gasteiger partial charge in [0, 0.05) is 22.5 Å². The van der Waals surface area contributed by atoms with Gasteiger partial charge in [-0.1, -0.05) is 11.6 Å². The van der Waals surface area contributed by atoms with Crippen LogP contribution in [-0.4, -0.2) is 14.7 Å². The maximum Gasteiger partial charge on any atom is 0.288 e. The Morgan fingerprint density at radius 2 is 2.50 bits per heavy atom. The summed E-state index contributed by atoms with van der Waals surface area (Å²) in [4.78, 5) is 10.0. The molecule has 1 heterocycles. The maximum atomic E-state index is 10.7. The van der Waals surface area contributed by atoms with Gasteiger partial charge in [-0.25, -0.2) is 0 Å². The Morgan fingerprint density at radius 1 is 1.71 bits per heavy atom. The Hall–Kier alpha value is -1.62. The zero-order valence-corrected chi connectivity index (χ0v) is 7.52. The van der Waals surface area contributed by atoms with Gasteiger partial charge in [0.05, 0.1) is 16.6 Å². The van der Waals surface area contributed by atoms with Gasteiger partial charge in [-0.3, -0.25) is 14.8 Å². The van der Waals surface area contributed by atoms with Crippen LogP contribution in [0.4, 0.5) is 5.69 Å². The molecule has 0 aliphatic carbocycles. The second-order valence-electron chi connectivity index (χ2n) is 2.68. The van der Waals surface area contributed by atoms with Crippen molar-refractivity contribution in [2.24, 2.45) is 6.98 Å². The lowest BCUT2D eigenvalue weighted by Crippen LogP contribution is -1.91. The minimum Gasteiger partial charge on any atom is -0.268 e. The molecule has 2 rings (SSSR count). The first-order chi connectivity index (χ1) is 7.80. The van der Waals surface area contributed by atoms with E-state index in [1.807, 2.05) is 0 Å². The predicted octanol–water partition coefficient (Wildman–Crippen LogP) is 2.13. The molecule has 14 heavy (non-hydrogen) atoms. The van der Waals surface area contributed by atoms with Gasteiger partial charge in [-0.2, -0.15) is 5.10 Å². The zero-order chi connectivity index (χ0) is 12.8. The number of rotatable bonds is 1. The lowest BCUT2D eigenvalue weighted by atomic mass is 10.2. The van der Waals surface area contributed by atoms with E-state index in [0.29, 0.717) is 5.39 Å². The molecule has 0 fully saturated rings. The van der Waals surface area contributed by atoms with Gasteiger partial charge in [0.25, 0.3) is 5.69 Å². The molecule has 0 bridgehead atoms. The van der Waals surface area contributed by atoms with Crippen LogP contribution in [0, 0.1) is 10.1 Å². The fraction of sp³-hybridized carbons (Fsp3) is 0.125. The third-order valence-corrected chi connectivity index (χ3v) is 2.14. The van der Waals surface area contributed by atoms with Crippen LogP contribution in [0.1, 0.15) is 4.11 Å². The molecule has 2 aromatic rings. The molecule has 0 radical (unpaired) electrons. The zero-order valence-electron chi connectivity index (χ0n) is 9.77. The Bertz CT molecular complexity index is 608. The molecule has 0 saturated carbocycles. The standard InChI is InChI=1S/C8H6ClN3O2/c1-11-7-3-6(9)8(12(13)14)2-5(7)4-10-11/h2-4H,1H3/i1D3. The summed E-state index contributed by atoms with van der Waals surface area (Å²) in [6.07, 6.45) is 1.25. The Morgan fingerprint density at radius 3 is 3.14 bits per heavy atom. The van der Waals surface area contributed by atoms with Crippen LogP contribution in [0.5, 0.6) is 0 Å². The predicted molar refractivity (Wildman–Crippen MR) is 52.4 cm³/mol. The van der Waals surface area contributed by atoms with E-state index in [4.69, 9.17) is 15.7 Å². The number of aryl methyl sites for hydroxylation is 1. The van der Waals surface area contributed by atoms with Crippen LogP contribution in [0.2, 0.25) is 5.02 Å². The summed E-state index contributed by atoms with van der Waals surface area (Å²) < 4.78 is 22.5. The molecule has 0 N–H and O–H groups in total. The highest BCUT2D eigenvalue weighted by molar-refractivity contribution is 6.33. The van der Waals surface area contributed by atoms with Crippen molar-refractivity contribution in [3.8, 4) is 0 Å². The summed E-state index contributed by atoms with van der Waals surface area (Å²) >= 11 is 5.71. The van der Waals surface area contributed by atoms with Gasteiger partial charge < -0.3 is 0 Å². The van der Waals surface area contributed by atoms with Crippen molar-refractivity contribution >= 4 is 28.2 Å². The summed E-state index contributed by atoms with van der Waals surface area (Å²) in [5, 5.41) is 14.6. The van der Waals surface area contributed by atoms with Crippen LogP contribution < -0.4 is 0 Å². The second-order valence-corrected chi connectivity index (χ2v) is 3.08. The van der Waals surface area contributed by atoms with E-state index >= 15 is 0 Å². The van der Waals surface area contributed by atoms with E-state index in [2.05, 4.69) is 5.10 Å². The first-order valence-electron chi connectivity index (χ1n) is 5.13. The molecular weight excluding hydrogens is 206 g/mol. The summed E-state index contributed by atoms with van der Waals surface area (Å²) in [5.41, 5.74) is -0.0372. The highest BCUT2D eigenvalue weighted by Crippen LogP contribution is 2.29. The van der Waals surface area contributed by atoms with E-state index in [9.17, 15) is 10.1 Å². The lowest BCUT2D eigenvalue weighted by molar-refractivity contribution is -0.384. The van der Waals surface area contributed by atoms with Crippen LogP contribution >= 0.6 is 11.6 Å². The smallest absolute Gasteiger partial charge is 0.268 e. The van der Waals surface area contributed by atoms with Crippen molar-refractivity contribution < 1.29 is 9.04 Å². The molecule has 0 unspecified atom stereocenters. The fourth-order valence-corrected chi connectivity index (χ4v) is 1.40. The van der Waals surface area contributed by atoms with Gasteiger partial charge in [0.1, 0.15) is 5.02 Å². The molecule has 72 valence electrons. The number of nitro benzene ring substituents is 1. The molecule has 0 aliphatic rings. The lowest BCUT2D eigenvalue weighted by Gasteiger charge is -1.96. The molecule has 5 nitrogen and oxygen atoms in total. The van der Waals surface area contributed by atoms with Crippen LogP contribution in [0.3, 0.4) is 0 Å². The largest absolute Gasteiger partial charge is 0.288 e. The number of nitro groups is 1. The van der Waals surface area contributed by atoms with E-state index in [1.165, 1.54) is 18.3 Å². The summed E-state index contributed by atoms with van der Waals surface area (Å²) in [7, 11) is 0. The normalized spacial score (nSPS) is 14.8. The quantitative estimate of drug-likeness (QED) is 0.540. The van der Waals surface area contributed by atoms with Crippen molar-refractivity contribution in [2.45, 2.75) is 0 Å². The van der Waals surface area contributed by atoms with Gasteiger partial charge in [0.15, 0.2) is 0 Å². The van der Waals surface area contributed by atoms with Crippen molar-refractivity contribution in [1.29, 1.82) is 0 Å². The first kappa shape index (κ1) is 5.98. The molecule has 0 saturated heterocycles. The number of fused-ring (bicyclic) bond motifs is 1. The van der Waals surface area contributed by atoms with E-state index in [-0.39, 0.29) is 16.2 Å². The third-order valence-electron chi connectivity index (χ3n) is 1.83. The van der Waals surface area contributed by atoms with Gasteiger partial charge in [-0.05, 0) is 6.07 Å². The van der Waals surface area contributed by atoms with Crippen LogP contribution in [0.15, 0.2) is 18.3 Å². The monoisotopic (exact) mass is 214 g/mol. The second kappa shape index (κ2) is 2.95. The summed E-state index contributed by atoms with van der Waals surface area (Å²) in [6.45, 7) is -2.44. The number of aromatic nitrogens is 2. The molecule has 0 spiro atoms. The Balaban J connectivity index is 2.73. The highest BCUT2D eigenvalue weighted by atomic mass is 35.5. The molecule has 1 aromatic carbocycles. The summed E-state index contributed by atoms with van der Waals surface area (Å²) in [5.74, 6) is 0. The molecule has 0 atom stereocenters. The number of hydrogen-bond donors (Lipinski definition) is 0. The number of hydrogen-bond acceptors (Lipinski definition) is 3. The Labute approximate surface area is 88.3 Å². The van der Waals surface area contributed by atoms with Crippen molar-refractivity contribution in [2.75, 3.05) is 0 Å². The van der Waals surface area contributed by atoms with Crippen LogP contribution in [0.25, 0.3) is 10.9 Å². The number of halogens is 1. The maximum absolute atomic E-state index is 10.7. The van der Waals surface area contributed by atoms with Crippen molar-refractivity contribution in [3.63, 3.8) is 0 Å². The highest BCUT2D eigenvalue weighted by Gasteiger charge is 2.14. The topological polar surface area (TPSA) is 61.0 Å². The molecule has 0 amide bonds. The van der Waals surface area contributed by atoms with Gasteiger partial charge >= 0.3 is 0 Å². The number of benzene rings is 1. The van der Waals surface area contributed by atoms with Crippen molar-refractivity contribution in [1.82, 2.24) is 9.78 Å². The van der Waals surface area contributed by atoms with Gasteiger partial charge in [-0.15, -0.1) is 0 Å².